The number of aliphatic carboxylic acids is 1. The van der Waals surface area contributed by atoms with Gasteiger partial charge < -0.3 is 25.0 Å². The molecule has 6 atom stereocenters. The highest BCUT2D eigenvalue weighted by Crippen LogP contribution is 2.65. The van der Waals surface area contributed by atoms with Crippen molar-refractivity contribution in [3.8, 4) is 17.2 Å². The van der Waals surface area contributed by atoms with Crippen LogP contribution in [0.2, 0.25) is 0 Å². The van der Waals surface area contributed by atoms with Gasteiger partial charge in [0.2, 0.25) is 0 Å². The van der Waals surface area contributed by atoms with Gasteiger partial charge in [0.15, 0.2) is 11.5 Å². The third-order valence-corrected chi connectivity index (χ3v) is 8.91. The minimum Gasteiger partial charge on any atom is -0.504 e. The van der Waals surface area contributed by atoms with Crippen LogP contribution in [-0.2, 0) is 16.6 Å². The number of hydrogen-bond donors (Lipinski definition) is 3. The number of phenolic OH excluding ortho intramolecular Hbond substituents is 1. The number of aromatic hydroxyl groups is 1. The van der Waals surface area contributed by atoms with E-state index in [0.29, 0.717) is 17.7 Å². The minimum atomic E-state index is -0.789. The number of carboxylic acids is 1. The van der Waals surface area contributed by atoms with Crippen LogP contribution in [0.25, 0.3) is 0 Å². The van der Waals surface area contributed by atoms with E-state index in [4.69, 9.17) is 9.47 Å². The number of carbonyl (C=O) groups is 1. The Balaban J connectivity index is 1.42. The average Bonchev–Trinajstić information content (AvgIpc) is 3.49. The Hall–Kier alpha value is -1.99. The van der Waals surface area contributed by atoms with E-state index in [1.807, 2.05) is 6.92 Å². The summed E-state index contributed by atoms with van der Waals surface area (Å²) in [6, 6.07) is 2.14. The molecule has 0 aromatic heterocycles. The molecule has 2 saturated carbocycles. The van der Waals surface area contributed by atoms with Crippen molar-refractivity contribution in [1.29, 1.82) is 0 Å². The van der Waals surface area contributed by atoms with E-state index in [1.165, 1.54) is 30.5 Å². The number of piperidine rings is 1. The Morgan fingerprint density at radius 2 is 2.19 bits per heavy atom. The third kappa shape index (κ3) is 2.90. The molecule has 2 aliphatic heterocycles. The highest BCUT2D eigenvalue weighted by molar-refractivity contribution is 5.67. The zero-order valence-corrected chi connectivity index (χ0v) is 19.0. The summed E-state index contributed by atoms with van der Waals surface area (Å²) in [7, 11) is 1.69. The largest absolute Gasteiger partial charge is 0.504 e. The van der Waals surface area contributed by atoms with Gasteiger partial charge in [-0.05, 0) is 63.8 Å². The molecule has 1 aromatic rings. The molecular formula is C25H34N2O5. The van der Waals surface area contributed by atoms with Gasteiger partial charge in [-0.25, -0.2) is 0 Å². The van der Waals surface area contributed by atoms with Crippen LogP contribution < -0.4 is 14.8 Å². The van der Waals surface area contributed by atoms with Gasteiger partial charge in [-0.1, -0.05) is 0 Å². The van der Waals surface area contributed by atoms with Crippen molar-refractivity contribution in [2.75, 3.05) is 20.2 Å². The van der Waals surface area contributed by atoms with Gasteiger partial charge >= 0.3 is 5.97 Å². The van der Waals surface area contributed by atoms with Crippen LogP contribution in [0, 0.1) is 11.8 Å². The molecule has 1 saturated heterocycles. The fraction of sp³-hybridized carbons (Fsp3) is 0.720. The summed E-state index contributed by atoms with van der Waals surface area (Å²) in [6.45, 7) is 4.20. The SMILES string of the molecule is COc1cc(O)c2c3c1C[C@@H]1[C@@H]4CC[C@H](NC(C)CC(=O)O)[C@H](O2)[C@]34CCN1CC1CC1. The number of benzene rings is 1. The van der Waals surface area contributed by atoms with Gasteiger partial charge in [-0.3, -0.25) is 9.69 Å². The third-order valence-electron chi connectivity index (χ3n) is 8.91. The number of rotatable bonds is 7. The van der Waals surface area contributed by atoms with E-state index in [2.05, 4.69) is 10.2 Å². The maximum Gasteiger partial charge on any atom is 0.304 e. The van der Waals surface area contributed by atoms with Gasteiger partial charge in [0.05, 0.1) is 13.5 Å². The molecule has 174 valence electrons. The molecule has 7 nitrogen and oxygen atoms in total. The molecule has 3 aliphatic carbocycles. The van der Waals surface area contributed by atoms with E-state index in [9.17, 15) is 15.0 Å². The summed E-state index contributed by atoms with van der Waals surface area (Å²) in [6.07, 6.45) is 6.75. The molecule has 2 bridgehead atoms. The zero-order chi connectivity index (χ0) is 22.2. The summed E-state index contributed by atoms with van der Waals surface area (Å²) >= 11 is 0. The molecule has 0 radical (unpaired) electrons. The Morgan fingerprint density at radius 3 is 2.91 bits per heavy atom. The molecule has 32 heavy (non-hydrogen) atoms. The molecule has 3 N–H and O–H groups in total. The Bertz CT molecular complexity index is 947. The number of ether oxygens (including phenoxy) is 2. The maximum atomic E-state index is 11.3. The first-order valence-electron chi connectivity index (χ1n) is 12.2. The fourth-order valence-corrected chi connectivity index (χ4v) is 7.58. The predicted molar refractivity (Wildman–Crippen MR) is 119 cm³/mol. The summed E-state index contributed by atoms with van der Waals surface area (Å²) in [5.74, 6) is 2.14. The van der Waals surface area contributed by atoms with Crippen molar-refractivity contribution >= 4 is 5.97 Å². The zero-order valence-electron chi connectivity index (χ0n) is 19.0. The van der Waals surface area contributed by atoms with Crippen LogP contribution in [0.3, 0.4) is 0 Å². The van der Waals surface area contributed by atoms with Gasteiger partial charge in [0.1, 0.15) is 11.9 Å². The molecule has 6 rings (SSSR count). The first-order valence-corrected chi connectivity index (χ1v) is 12.2. The Morgan fingerprint density at radius 1 is 1.38 bits per heavy atom. The van der Waals surface area contributed by atoms with E-state index < -0.39 is 5.97 Å². The Labute approximate surface area is 189 Å². The second-order valence-electron chi connectivity index (χ2n) is 10.8. The quantitative estimate of drug-likeness (QED) is 0.598. The first kappa shape index (κ1) is 20.6. The lowest BCUT2D eigenvalue weighted by atomic mass is 9.51. The predicted octanol–water partition coefficient (Wildman–Crippen LogP) is 2.67. The van der Waals surface area contributed by atoms with Crippen molar-refractivity contribution in [2.24, 2.45) is 11.8 Å². The highest BCUT2D eigenvalue weighted by atomic mass is 16.5. The van der Waals surface area contributed by atoms with Crippen LogP contribution in [0.5, 0.6) is 17.2 Å². The van der Waals surface area contributed by atoms with Crippen LogP contribution in [0.4, 0.5) is 0 Å². The van der Waals surface area contributed by atoms with Gasteiger partial charge in [0.25, 0.3) is 0 Å². The van der Waals surface area contributed by atoms with E-state index >= 15 is 0 Å². The van der Waals surface area contributed by atoms with Crippen molar-refractivity contribution < 1.29 is 24.5 Å². The van der Waals surface area contributed by atoms with Crippen LogP contribution in [-0.4, -0.2) is 65.5 Å². The molecule has 5 aliphatic rings. The number of nitrogens with zero attached hydrogens (tertiary/aromatic N) is 1. The lowest BCUT2D eigenvalue weighted by molar-refractivity contribution is -0.137. The number of nitrogens with one attached hydrogen (secondary N) is 1. The number of phenols is 1. The summed E-state index contributed by atoms with van der Waals surface area (Å²) < 4.78 is 12.4. The average molecular weight is 443 g/mol. The van der Waals surface area contributed by atoms with E-state index in [-0.39, 0.29) is 35.8 Å². The fourth-order valence-electron chi connectivity index (χ4n) is 7.58. The number of methoxy groups -OCH3 is 1. The number of carboxylic acid groups (broad SMARTS) is 1. The molecule has 1 aromatic carbocycles. The summed E-state index contributed by atoms with van der Waals surface area (Å²) in [5, 5.41) is 23.7. The van der Waals surface area contributed by atoms with Crippen molar-refractivity contribution in [1.82, 2.24) is 10.2 Å². The molecular weight excluding hydrogens is 408 g/mol. The number of likely N-dealkylation sites (tertiary alicyclic amines) is 1. The normalized spacial score (nSPS) is 35.7. The van der Waals surface area contributed by atoms with Gasteiger partial charge in [0, 0.05) is 47.3 Å². The molecule has 2 heterocycles. The lowest BCUT2D eigenvalue weighted by Crippen LogP contribution is -2.69. The summed E-state index contributed by atoms with van der Waals surface area (Å²) in [5.41, 5.74) is 2.26. The van der Waals surface area contributed by atoms with Crippen LogP contribution >= 0.6 is 0 Å². The first-order chi connectivity index (χ1) is 15.4. The van der Waals surface area contributed by atoms with Crippen LogP contribution in [0.1, 0.15) is 56.6 Å². The molecule has 7 heteroatoms. The lowest BCUT2D eigenvalue weighted by Gasteiger charge is -2.60. The second kappa shape index (κ2) is 7.26. The smallest absolute Gasteiger partial charge is 0.304 e. The van der Waals surface area contributed by atoms with Crippen molar-refractivity contribution in [2.45, 2.75) is 81.5 Å². The molecule has 1 spiro atoms. The maximum absolute atomic E-state index is 11.3. The van der Waals surface area contributed by atoms with Crippen LogP contribution in [0.15, 0.2) is 6.07 Å². The molecule has 3 fully saturated rings. The standard InChI is InChI=1S/C25H34N2O5/c1-13(9-21(29)30)26-17-6-5-16-18-10-15-20(31-2)11-19(28)23-22(15)25(16,24(17)32-23)7-8-27(18)12-14-3-4-14/h11,13-14,16-18,24,26,28H,3-10,12H2,1-2H3,(H,29,30)/t13?,16-,17-,18+,24-,25-/m0/s1. The van der Waals surface area contributed by atoms with E-state index in [0.717, 1.165) is 43.9 Å². The van der Waals surface area contributed by atoms with Gasteiger partial charge in [-0.2, -0.15) is 0 Å². The highest BCUT2D eigenvalue weighted by Gasteiger charge is 2.66. The number of hydrogen-bond acceptors (Lipinski definition) is 6. The molecule has 0 amide bonds. The summed E-state index contributed by atoms with van der Waals surface area (Å²) in [4.78, 5) is 14.0. The molecule has 1 unspecified atom stereocenters. The second-order valence-corrected chi connectivity index (χ2v) is 10.8. The topological polar surface area (TPSA) is 91.3 Å². The van der Waals surface area contributed by atoms with E-state index in [1.54, 1.807) is 13.2 Å². The monoisotopic (exact) mass is 442 g/mol. The van der Waals surface area contributed by atoms with Gasteiger partial charge in [-0.15, -0.1) is 0 Å². The van der Waals surface area contributed by atoms with Crippen molar-refractivity contribution in [3.63, 3.8) is 0 Å². The minimum absolute atomic E-state index is 0.0694. The Kier molecular flexibility index (Phi) is 4.67. The van der Waals surface area contributed by atoms with Crippen molar-refractivity contribution in [3.05, 3.63) is 17.2 Å².